The molecule has 1 aromatic heterocycles. The Hall–Kier alpha value is -0.970. The lowest BCUT2D eigenvalue weighted by atomic mass is 10.2. The van der Waals surface area contributed by atoms with Crippen LogP contribution in [-0.2, 0) is 11.2 Å². The second kappa shape index (κ2) is 5.70. The summed E-state index contributed by atoms with van der Waals surface area (Å²) in [5.74, 6) is 1.08. The van der Waals surface area contributed by atoms with E-state index in [0.29, 0.717) is 11.6 Å². The smallest absolute Gasteiger partial charge is 0.235 e. The first-order chi connectivity index (χ1) is 6.76. The number of hydrogen-bond donors (Lipinski definition) is 2. The minimum atomic E-state index is -0.00736. The van der Waals surface area contributed by atoms with Crippen molar-refractivity contribution in [1.29, 1.82) is 0 Å². The van der Waals surface area contributed by atoms with E-state index in [1.807, 2.05) is 12.3 Å². The topological polar surface area (TPSA) is 57.8 Å². The normalized spacial score (nSPS) is 10.1. The molecule has 2 N–H and O–H groups in total. The van der Waals surface area contributed by atoms with Gasteiger partial charge in [-0.1, -0.05) is 13.3 Å². The van der Waals surface area contributed by atoms with Crippen molar-refractivity contribution >= 4 is 23.5 Å². The molecule has 78 valence electrons. The highest BCUT2D eigenvalue weighted by atomic mass is 32.2. The maximum Gasteiger partial charge on any atom is 0.235 e. The largest absolute Gasteiger partial charge is 0.308 e. The Kier molecular flexibility index (Phi) is 4.52. The van der Waals surface area contributed by atoms with Gasteiger partial charge in [0.15, 0.2) is 5.82 Å². The summed E-state index contributed by atoms with van der Waals surface area (Å²) in [5.41, 5.74) is 1.06. The van der Waals surface area contributed by atoms with Gasteiger partial charge in [-0.3, -0.25) is 9.89 Å². The van der Waals surface area contributed by atoms with Crippen LogP contribution in [-0.4, -0.2) is 28.1 Å². The number of rotatable bonds is 5. The van der Waals surface area contributed by atoms with E-state index in [9.17, 15) is 4.79 Å². The summed E-state index contributed by atoms with van der Waals surface area (Å²) in [4.78, 5) is 11.2. The maximum atomic E-state index is 11.2. The number of aryl methyl sites for hydroxylation is 1. The van der Waals surface area contributed by atoms with Gasteiger partial charge in [-0.2, -0.15) is 16.9 Å². The number of nitrogens with one attached hydrogen (secondary N) is 2. The first-order valence-corrected chi connectivity index (χ1v) is 5.98. The van der Waals surface area contributed by atoms with Gasteiger partial charge in [-0.25, -0.2) is 0 Å². The molecule has 14 heavy (non-hydrogen) atoms. The number of thioether (sulfide) groups is 1. The number of aromatic nitrogens is 2. The van der Waals surface area contributed by atoms with Crippen LogP contribution in [0.5, 0.6) is 0 Å². The summed E-state index contributed by atoms with van der Waals surface area (Å²) in [6.07, 6.45) is 3.93. The zero-order valence-electron chi connectivity index (χ0n) is 8.46. The number of nitrogens with zero attached hydrogens (tertiary/aromatic N) is 1. The lowest BCUT2D eigenvalue weighted by Gasteiger charge is -1.97. The van der Waals surface area contributed by atoms with Gasteiger partial charge in [0.1, 0.15) is 0 Å². The second-order valence-electron chi connectivity index (χ2n) is 3.01. The van der Waals surface area contributed by atoms with Crippen LogP contribution in [0.25, 0.3) is 0 Å². The highest BCUT2D eigenvalue weighted by molar-refractivity contribution is 7.99. The van der Waals surface area contributed by atoms with Gasteiger partial charge in [0, 0.05) is 11.8 Å². The first kappa shape index (κ1) is 11.1. The van der Waals surface area contributed by atoms with Crippen molar-refractivity contribution < 1.29 is 4.79 Å². The predicted octanol–water partition coefficient (Wildman–Crippen LogP) is 1.66. The quantitative estimate of drug-likeness (QED) is 0.782. The standard InChI is InChI=1S/C9H15N3OS/c1-3-4-7-5-8(12-11-7)10-9(13)6-14-2/h5H,3-4,6H2,1-2H3,(H2,10,11,12,13). The molecule has 1 aromatic rings. The SMILES string of the molecule is CCCc1cc(NC(=O)CSC)n[nH]1. The average Bonchev–Trinajstić information content (AvgIpc) is 2.53. The van der Waals surface area contributed by atoms with Crippen LogP contribution in [0.1, 0.15) is 19.0 Å². The fraction of sp³-hybridized carbons (Fsp3) is 0.556. The highest BCUT2D eigenvalue weighted by Crippen LogP contribution is 2.07. The minimum absolute atomic E-state index is 0.00736. The summed E-state index contributed by atoms with van der Waals surface area (Å²) >= 11 is 1.50. The molecule has 0 aliphatic heterocycles. The van der Waals surface area contributed by atoms with Gasteiger partial charge in [0.25, 0.3) is 0 Å². The summed E-state index contributed by atoms with van der Waals surface area (Å²) in [6.45, 7) is 2.10. The molecule has 4 nitrogen and oxygen atoms in total. The predicted molar refractivity (Wildman–Crippen MR) is 59.6 cm³/mol. The molecule has 5 heteroatoms. The summed E-state index contributed by atoms with van der Waals surface area (Å²) < 4.78 is 0. The molecule has 0 aliphatic carbocycles. The monoisotopic (exact) mass is 213 g/mol. The number of carbonyl (C=O) groups is 1. The van der Waals surface area contributed by atoms with E-state index in [-0.39, 0.29) is 5.91 Å². The third-order valence-corrected chi connectivity index (χ3v) is 2.24. The molecular formula is C9H15N3OS. The number of anilines is 1. The molecule has 0 atom stereocenters. The molecule has 0 spiro atoms. The Morgan fingerprint density at radius 2 is 2.50 bits per heavy atom. The summed E-state index contributed by atoms with van der Waals surface area (Å²) in [7, 11) is 0. The van der Waals surface area contributed by atoms with Crippen LogP contribution in [0.3, 0.4) is 0 Å². The van der Waals surface area contributed by atoms with Crippen molar-refractivity contribution in [3.8, 4) is 0 Å². The number of carbonyl (C=O) groups excluding carboxylic acids is 1. The van der Waals surface area contributed by atoms with Gasteiger partial charge >= 0.3 is 0 Å². The molecule has 1 rings (SSSR count). The Morgan fingerprint density at radius 1 is 1.71 bits per heavy atom. The fourth-order valence-corrected chi connectivity index (χ4v) is 1.47. The van der Waals surface area contributed by atoms with E-state index in [1.54, 1.807) is 0 Å². The average molecular weight is 213 g/mol. The molecule has 1 amide bonds. The molecule has 0 saturated carbocycles. The minimum Gasteiger partial charge on any atom is -0.308 e. The molecular weight excluding hydrogens is 198 g/mol. The van der Waals surface area contributed by atoms with E-state index < -0.39 is 0 Å². The van der Waals surface area contributed by atoms with E-state index in [1.165, 1.54) is 11.8 Å². The molecule has 0 unspecified atom stereocenters. The van der Waals surface area contributed by atoms with Gasteiger partial charge in [0.05, 0.1) is 5.75 Å². The highest BCUT2D eigenvalue weighted by Gasteiger charge is 2.04. The second-order valence-corrected chi connectivity index (χ2v) is 3.88. The van der Waals surface area contributed by atoms with E-state index in [0.717, 1.165) is 18.5 Å². The Bertz CT molecular complexity index is 298. The lowest BCUT2D eigenvalue weighted by Crippen LogP contribution is -2.13. The van der Waals surface area contributed by atoms with Gasteiger partial charge in [0.2, 0.25) is 5.91 Å². The van der Waals surface area contributed by atoms with Crippen molar-refractivity contribution in [1.82, 2.24) is 10.2 Å². The van der Waals surface area contributed by atoms with Gasteiger partial charge in [-0.05, 0) is 12.7 Å². The molecule has 0 saturated heterocycles. The molecule has 0 aromatic carbocycles. The van der Waals surface area contributed by atoms with E-state index in [2.05, 4.69) is 22.4 Å². The lowest BCUT2D eigenvalue weighted by molar-refractivity contribution is -0.113. The summed E-state index contributed by atoms with van der Waals surface area (Å²) in [5, 5.41) is 9.59. The molecule has 0 fully saturated rings. The fourth-order valence-electron chi connectivity index (χ4n) is 1.13. The van der Waals surface area contributed by atoms with Crippen molar-refractivity contribution in [2.45, 2.75) is 19.8 Å². The van der Waals surface area contributed by atoms with Gasteiger partial charge < -0.3 is 5.32 Å². The van der Waals surface area contributed by atoms with Crippen molar-refractivity contribution in [2.24, 2.45) is 0 Å². The number of amides is 1. The number of H-pyrrole nitrogens is 1. The van der Waals surface area contributed by atoms with Crippen molar-refractivity contribution in [2.75, 3.05) is 17.3 Å². The Morgan fingerprint density at radius 3 is 3.14 bits per heavy atom. The van der Waals surface area contributed by atoms with E-state index in [4.69, 9.17) is 0 Å². The summed E-state index contributed by atoms with van der Waals surface area (Å²) in [6, 6.07) is 1.88. The van der Waals surface area contributed by atoms with Gasteiger partial charge in [-0.15, -0.1) is 0 Å². The molecule has 0 bridgehead atoms. The third-order valence-electron chi connectivity index (χ3n) is 1.69. The van der Waals surface area contributed by atoms with Crippen molar-refractivity contribution in [3.05, 3.63) is 11.8 Å². The number of aromatic amines is 1. The zero-order valence-corrected chi connectivity index (χ0v) is 9.28. The molecule has 1 heterocycles. The van der Waals surface area contributed by atoms with Crippen LogP contribution in [0.15, 0.2) is 6.07 Å². The molecule has 0 radical (unpaired) electrons. The van der Waals surface area contributed by atoms with Crippen molar-refractivity contribution in [3.63, 3.8) is 0 Å². The zero-order chi connectivity index (χ0) is 10.4. The van der Waals surface area contributed by atoms with Crippen LogP contribution < -0.4 is 5.32 Å². The van der Waals surface area contributed by atoms with Crippen LogP contribution in [0.4, 0.5) is 5.82 Å². The Labute approximate surface area is 87.9 Å². The molecule has 0 aliphatic rings. The Balaban J connectivity index is 2.46. The van der Waals surface area contributed by atoms with Crippen LogP contribution in [0, 0.1) is 0 Å². The maximum absolute atomic E-state index is 11.2. The van der Waals surface area contributed by atoms with E-state index >= 15 is 0 Å². The van der Waals surface area contributed by atoms with Crippen LogP contribution >= 0.6 is 11.8 Å². The van der Waals surface area contributed by atoms with Crippen LogP contribution in [0.2, 0.25) is 0 Å². The third kappa shape index (κ3) is 3.41. The number of hydrogen-bond acceptors (Lipinski definition) is 3. The first-order valence-electron chi connectivity index (χ1n) is 4.59.